The summed E-state index contributed by atoms with van der Waals surface area (Å²) in [4.78, 5) is 5.25. The topological polar surface area (TPSA) is 36.3 Å². The van der Waals surface area contributed by atoms with E-state index in [0.717, 1.165) is 6.54 Å². The molecule has 3 heterocycles. The van der Waals surface area contributed by atoms with Crippen LogP contribution in [0.5, 0.6) is 0 Å². The van der Waals surface area contributed by atoms with Gasteiger partial charge in [0.25, 0.3) is 0 Å². The Kier molecular flexibility index (Phi) is 6.26. The van der Waals surface area contributed by atoms with Crippen molar-refractivity contribution in [1.82, 2.24) is 24.9 Å². The van der Waals surface area contributed by atoms with Crippen LogP contribution in [-0.2, 0) is 13.6 Å². The van der Waals surface area contributed by atoms with E-state index in [-0.39, 0.29) is 12.4 Å². The Labute approximate surface area is 140 Å². The van der Waals surface area contributed by atoms with E-state index in [4.69, 9.17) is 0 Å². The highest BCUT2D eigenvalue weighted by atomic mass is 35.5. The molecule has 1 aromatic heterocycles. The number of hydrogen-bond acceptors (Lipinski definition) is 4. The molecule has 1 aromatic rings. The van der Waals surface area contributed by atoms with Crippen molar-refractivity contribution in [2.45, 2.75) is 26.3 Å². The second kappa shape index (κ2) is 7.77. The van der Waals surface area contributed by atoms with Gasteiger partial charge in [-0.15, -0.1) is 12.4 Å². The lowest BCUT2D eigenvalue weighted by atomic mass is 9.89. The van der Waals surface area contributed by atoms with Crippen molar-refractivity contribution in [3.05, 3.63) is 18.0 Å². The molecule has 1 atom stereocenters. The first-order valence-corrected chi connectivity index (χ1v) is 8.26. The predicted molar refractivity (Wildman–Crippen MR) is 92.4 cm³/mol. The van der Waals surface area contributed by atoms with E-state index in [2.05, 4.69) is 33.3 Å². The van der Waals surface area contributed by atoms with E-state index in [1.165, 1.54) is 64.2 Å². The first-order chi connectivity index (χ1) is 10.1. The summed E-state index contributed by atoms with van der Waals surface area (Å²) in [6, 6.07) is 0. The van der Waals surface area contributed by atoms with Gasteiger partial charge in [0.15, 0.2) is 0 Å². The van der Waals surface area contributed by atoms with Gasteiger partial charge < -0.3 is 10.2 Å². The summed E-state index contributed by atoms with van der Waals surface area (Å²) in [7, 11) is 1.99. The largest absolute Gasteiger partial charge is 0.316 e. The summed E-state index contributed by atoms with van der Waals surface area (Å²) in [5.41, 5.74) is 1.82. The Bertz CT molecular complexity index is 455. The minimum Gasteiger partial charge on any atom is -0.316 e. The molecule has 126 valence electrons. The SMILES string of the molecule is Cl.Cn1cc(CN2CCCN(CC3(C)CCNC3)CC2)cn1. The second-order valence-electron chi connectivity index (χ2n) is 7.17. The lowest BCUT2D eigenvalue weighted by Crippen LogP contribution is -2.39. The molecule has 0 aromatic carbocycles. The van der Waals surface area contributed by atoms with E-state index in [9.17, 15) is 0 Å². The number of halogens is 1. The Morgan fingerprint density at radius 3 is 2.68 bits per heavy atom. The molecule has 0 aliphatic carbocycles. The van der Waals surface area contributed by atoms with Crippen LogP contribution in [0.2, 0.25) is 0 Å². The molecule has 1 unspecified atom stereocenters. The molecule has 0 amide bonds. The van der Waals surface area contributed by atoms with Gasteiger partial charge in [-0.05, 0) is 37.9 Å². The minimum atomic E-state index is 0. The summed E-state index contributed by atoms with van der Waals surface area (Å²) < 4.78 is 1.90. The lowest BCUT2D eigenvalue weighted by molar-refractivity contribution is 0.178. The van der Waals surface area contributed by atoms with E-state index in [1.54, 1.807) is 0 Å². The molecule has 2 aliphatic heterocycles. The average molecular weight is 328 g/mol. The van der Waals surface area contributed by atoms with Gasteiger partial charge in [-0.1, -0.05) is 6.92 Å². The van der Waals surface area contributed by atoms with Crippen molar-refractivity contribution in [2.75, 3.05) is 45.8 Å². The summed E-state index contributed by atoms with van der Waals surface area (Å²) >= 11 is 0. The average Bonchev–Trinajstić information content (AvgIpc) is 2.98. The Morgan fingerprint density at radius 1 is 1.23 bits per heavy atom. The van der Waals surface area contributed by atoms with Crippen molar-refractivity contribution in [3.8, 4) is 0 Å². The van der Waals surface area contributed by atoms with E-state index < -0.39 is 0 Å². The van der Waals surface area contributed by atoms with Crippen LogP contribution in [-0.4, -0.2) is 65.4 Å². The number of nitrogens with one attached hydrogen (secondary N) is 1. The van der Waals surface area contributed by atoms with Gasteiger partial charge in [-0.25, -0.2) is 0 Å². The number of aryl methyl sites for hydroxylation is 1. The van der Waals surface area contributed by atoms with Gasteiger partial charge >= 0.3 is 0 Å². The Hall–Kier alpha value is -0.620. The van der Waals surface area contributed by atoms with Crippen molar-refractivity contribution in [3.63, 3.8) is 0 Å². The third-order valence-electron chi connectivity index (χ3n) is 4.91. The minimum absolute atomic E-state index is 0. The second-order valence-corrected chi connectivity index (χ2v) is 7.17. The van der Waals surface area contributed by atoms with Crippen molar-refractivity contribution >= 4 is 12.4 Å². The van der Waals surface area contributed by atoms with Crippen molar-refractivity contribution in [2.24, 2.45) is 12.5 Å². The first kappa shape index (κ1) is 17.7. The molecule has 22 heavy (non-hydrogen) atoms. The molecule has 6 heteroatoms. The maximum Gasteiger partial charge on any atom is 0.0534 e. The Morgan fingerprint density at radius 2 is 2.00 bits per heavy atom. The van der Waals surface area contributed by atoms with E-state index in [1.807, 2.05) is 17.9 Å². The van der Waals surface area contributed by atoms with Crippen molar-refractivity contribution < 1.29 is 0 Å². The van der Waals surface area contributed by atoms with Crippen LogP contribution in [0.4, 0.5) is 0 Å². The van der Waals surface area contributed by atoms with Crippen LogP contribution in [0.1, 0.15) is 25.3 Å². The number of aromatic nitrogens is 2. The highest BCUT2D eigenvalue weighted by Gasteiger charge is 2.31. The van der Waals surface area contributed by atoms with Gasteiger partial charge in [-0.2, -0.15) is 5.10 Å². The van der Waals surface area contributed by atoms with Crippen LogP contribution in [0.15, 0.2) is 12.4 Å². The molecule has 2 fully saturated rings. The molecule has 2 saturated heterocycles. The number of hydrogen-bond donors (Lipinski definition) is 1. The molecular weight excluding hydrogens is 298 g/mol. The third kappa shape index (κ3) is 4.69. The number of nitrogens with zero attached hydrogens (tertiary/aromatic N) is 4. The standard InChI is InChI=1S/C16H29N5.ClH/c1-16(4-5-17-13-16)14-21-7-3-6-20(8-9-21)12-15-10-18-19(2)11-15;/h10-11,17H,3-9,12-14H2,1-2H3;1H. The molecule has 0 bridgehead atoms. The maximum absolute atomic E-state index is 4.27. The van der Waals surface area contributed by atoms with Crippen molar-refractivity contribution in [1.29, 1.82) is 0 Å². The molecule has 0 spiro atoms. The number of rotatable bonds is 4. The smallest absolute Gasteiger partial charge is 0.0534 e. The molecule has 0 saturated carbocycles. The maximum atomic E-state index is 4.27. The predicted octanol–water partition coefficient (Wildman–Crippen LogP) is 1.35. The van der Waals surface area contributed by atoms with Gasteiger partial charge in [0.1, 0.15) is 0 Å². The molecule has 0 radical (unpaired) electrons. The summed E-state index contributed by atoms with van der Waals surface area (Å²) in [5.74, 6) is 0. The summed E-state index contributed by atoms with van der Waals surface area (Å²) in [6.07, 6.45) is 6.73. The molecule has 3 rings (SSSR count). The zero-order valence-corrected chi connectivity index (χ0v) is 14.7. The fraction of sp³-hybridized carbons (Fsp3) is 0.812. The van der Waals surface area contributed by atoms with Crippen LogP contribution < -0.4 is 5.32 Å². The van der Waals surface area contributed by atoms with Gasteiger partial charge in [0.2, 0.25) is 0 Å². The van der Waals surface area contributed by atoms with Gasteiger partial charge in [0.05, 0.1) is 6.20 Å². The van der Waals surface area contributed by atoms with Crippen LogP contribution in [0.3, 0.4) is 0 Å². The van der Waals surface area contributed by atoms with E-state index in [0.29, 0.717) is 5.41 Å². The Balaban J connectivity index is 0.00000176. The molecule has 1 N–H and O–H groups in total. The lowest BCUT2D eigenvalue weighted by Gasteiger charge is -2.31. The highest BCUT2D eigenvalue weighted by molar-refractivity contribution is 5.85. The quantitative estimate of drug-likeness (QED) is 0.905. The molecular formula is C16H30ClN5. The molecule has 5 nitrogen and oxygen atoms in total. The normalized spacial score (nSPS) is 27.5. The first-order valence-electron chi connectivity index (χ1n) is 8.26. The summed E-state index contributed by atoms with van der Waals surface area (Å²) in [6.45, 7) is 11.9. The molecule has 2 aliphatic rings. The zero-order valence-electron chi connectivity index (χ0n) is 13.9. The van der Waals surface area contributed by atoms with Gasteiger partial charge in [0, 0.05) is 51.5 Å². The van der Waals surface area contributed by atoms with Crippen LogP contribution in [0, 0.1) is 5.41 Å². The summed E-state index contributed by atoms with van der Waals surface area (Å²) in [5, 5.41) is 7.79. The zero-order chi connectivity index (χ0) is 14.7. The van der Waals surface area contributed by atoms with Crippen LogP contribution in [0.25, 0.3) is 0 Å². The van der Waals surface area contributed by atoms with Crippen LogP contribution >= 0.6 is 12.4 Å². The monoisotopic (exact) mass is 327 g/mol. The van der Waals surface area contributed by atoms with E-state index >= 15 is 0 Å². The van der Waals surface area contributed by atoms with Gasteiger partial charge in [-0.3, -0.25) is 9.58 Å². The third-order valence-corrected chi connectivity index (χ3v) is 4.91. The fourth-order valence-electron chi connectivity index (χ4n) is 3.70. The highest BCUT2D eigenvalue weighted by Crippen LogP contribution is 2.26. The fourth-order valence-corrected chi connectivity index (χ4v) is 3.70.